The number of piperidine rings is 1. The molecule has 0 spiro atoms. The minimum atomic E-state index is -0.507. The summed E-state index contributed by atoms with van der Waals surface area (Å²) >= 11 is 0. The molecular formula is C16H17FN2O3. The second-order valence-electron chi connectivity index (χ2n) is 5.51. The quantitative estimate of drug-likeness (QED) is 0.918. The second kappa shape index (κ2) is 5.88. The third-order valence-corrected chi connectivity index (χ3v) is 4.08. The van der Waals surface area contributed by atoms with Crippen molar-refractivity contribution < 1.29 is 13.6 Å². The van der Waals surface area contributed by atoms with Gasteiger partial charge in [0.15, 0.2) is 11.2 Å². The van der Waals surface area contributed by atoms with E-state index in [4.69, 9.17) is 4.42 Å². The van der Waals surface area contributed by atoms with Crippen molar-refractivity contribution in [1.82, 2.24) is 10.2 Å². The van der Waals surface area contributed by atoms with E-state index in [0.717, 1.165) is 32.0 Å². The van der Waals surface area contributed by atoms with Crippen LogP contribution in [0, 0.1) is 5.82 Å². The standard InChI is InChI=1S/C16H17FN2O3/c1-19(11-4-6-18-7-5-11)16(21)15-9-13(20)12-3-2-10(17)8-14(12)22-15/h2-3,8-9,11,18H,4-7H2,1H3. The molecule has 0 bridgehead atoms. The van der Waals surface area contributed by atoms with E-state index in [1.807, 2.05) is 0 Å². The Kier molecular flexibility index (Phi) is 3.94. The molecule has 1 N–H and O–H groups in total. The number of hydrogen-bond acceptors (Lipinski definition) is 4. The van der Waals surface area contributed by atoms with Crippen LogP contribution in [0.5, 0.6) is 0 Å². The summed E-state index contributed by atoms with van der Waals surface area (Å²) in [4.78, 5) is 26.2. The van der Waals surface area contributed by atoms with Gasteiger partial charge in [-0.1, -0.05) is 0 Å². The number of carbonyl (C=O) groups is 1. The molecule has 0 unspecified atom stereocenters. The van der Waals surface area contributed by atoms with Crippen LogP contribution < -0.4 is 10.7 Å². The normalized spacial score (nSPS) is 15.9. The second-order valence-corrected chi connectivity index (χ2v) is 5.51. The van der Waals surface area contributed by atoms with Crippen LogP contribution in [-0.2, 0) is 0 Å². The number of nitrogens with zero attached hydrogens (tertiary/aromatic N) is 1. The summed E-state index contributed by atoms with van der Waals surface area (Å²) in [5.74, 6) is -0.911. The summed E-state index contributed by atoms with van der Waals surface area (Å²) in [6.45, 7) is 1.71. The van der Waals surface area contributed by atoms with Crippen molar-refractivity contribution in [3.05, 3.63) is 46.1 Å². The highest BCUT2D eigenvalue weighted by Gasteiger charge is 2.25. The first-order valence-electron chi connectivity index (χ1n) is 7.27. The van der Waals surface area contributed by atoms with Crippen molar-refractivity contribution >= 4 is 16.9 Å². The van der Waals surface area contributed by atoms with E-state index in [-0.39, 0.29) is 34.1 Å². The molecule has 22 heavy (non-hydrogen) atoms. The summed E-state index contributed by atoms with van der Waals surface area (Å²) in [7, 11) is 1.70. The maximum absolute atomic E-state index is 13.3. The van der Waals surface area contributed by atoms with Gasteiger partial charge in [-0.2, -0.15) is 0 Å². The topological polar surface area (TPSA) is 62.6 Å². The van der Waals surface area contributed by atoms with Gasteiger partial charge < -0.3 is 14.6 Å². The lowest BCUT2D eigenvalue weighted by molar-refractivity contribution is 0.0671. The molecule has 1 fully saturated rings. The summed E-state index contributed by atoms with van der Waals surface area (Å²) in [5.41, 5.74) is -0.252. The summed E-state index contributed by atoms with van der Waals surface area (Å²) in [5, 5.41) is 3.50. The molecule has 0 atom stereocenters. The van der Waals surface area contributed by atoms with Gasteiger partial charge in [0.05, 0.1) is 5.39 Å². The third kappa shape index (κ3) is 2.74. The number of fused-ring (bicyclic) bond motifs is 1. The zero-order chi connectivity index (χ0) is 15.7. The van der Waals surface area contributed by atoms with E-state index < -0.39 is 5.82 Å². The molecule has 0 aliphatic carbocycles. The van der Waals surface area contributed by atoms with Crippen molar-refractivity contribution in [3.8, 4) is 0 Å². The maximum atomic E-state index is 13.3. The fourth-order valence-electron chi connectivity index (χ4n) is 2.77. The summed E-state index contributed by atoms with van der Waals surface area (Å²) < 4.78 is 18.7. The average molecular weight is 304 g/mol. The summed E-state index contributed by atoms with van der Waals surface area (Å²) in [6.07, 6.45) is 1.71. The first-order valence-corrected chi connectivity index (χ1v) is 7.27. The van der Waals surface area contributed by atoms with Gasteiger partial charge in [0.2, 0.25) is 0 Å². The number of carbonyl (C=O) groups excluding carboxylic acids is 1. The lowest BCUT2D eigenvalue weighted by Gasteiger charge is -2.31. The Morgan fingerprint density at radius 2 is 2.05 bits per heavy atom. The number of amides is 1. The largest absolute Gasteiger partial charge is 0.451 e. The summed E-state index contributed by atoms with van der Waals surface area (Å²) in [6, 6.07) is 4.98. The van der Waals surface area contributed by atoms with Crippen molar-refractivity contribution in [2.45, 2.75) is 18.9 Å². The molecule has 0 radical (unpaired) electrons. The van der Waals surface area contributed by atoms with Gasteiger partial charge in [0.25, 0.3) is 5.91 Å². The van der Waals surface area contributed by atoms with Gasteiger partial charge in [-0.25, -0.2) is 4.39 Å². The van der Waals surface area contributed by atoms with E-state index in [9.17, 15) is 14.0 Å². The zero-order valence-corrected chi connectivity index (χ0v) is 12.3. The van der Waals surface area contributed by atoms with Crippen molar-refractivity contribution in [1.29, 1.82) is 0 Å². The molecule has 3 rings (SSSR count). The highest BCUT2D eigenvalue weighted by molar-refractivity contribution is 5.93. The Labute approximate surface area is 126 Å². The number of rotatable bonds is 2. The van der Waals surface area contributed by atoms with Crippen LogP contribution in [-0.4, -0.2) is 37.0 Å². The van der Waals surface area contributed by atoms with Crippen LogP contribution in [0.25, 0.3) is 11.0 Å². The first-order chi connectivity index (χ1) is 10.6. The molecule has 0 saturated carbocycles. The molecule has 1 aromatic heterocycles. The van der Waals surface area contributed by atoms with E-state index in [2.05, 4.69) is 5.32 Å². The monoisotopic (exact) mass is 304 g/mol. The smallest absolute Gasteiger partial charge is 0.289 e. The van der Waals surface area contributed by atoms with Crippen molar-refractivity contribution in [3.63, 3.8) is 0 Å². The molecule has 1 amide bonds. The van der Waals surface area contributed by atoms with E-state index in [0.29, 0.717) is 0 Å². The highest BCUT2D eigenvalue weighted by atomic mass is 19.1. The average Bonchev–Trinajstić information content (AvgIpc) is 2.53. The molecule has 2 heterocycles. The molecule has 1 aromatic carbocycles. The van der Waals surface area contributed by atoms with E-state index >= 15 is 0 Å². The van der Waals surface area contributed by atoms with Crippen LogP contribution in [0.15, 0.2) is 33.5 Å². The predicted molar refractivity (Wildman–Crippen MR) is 80.4 cm³/mol. The Bertz CT molecular complexity index is 766. The van der Waals surface area contributed by atoms with E-state index in [1.54, 1.807) is 11.9 Å². The Hall–Kier alpha value is -2.21. The van der Waals surface area contributed by atoms with Gasteiger partial charge >= 0.3 is 0 Å². The molecular weight excluding hydrogens is 287 g/mol. The number of halogens is 1. The lowest BCUT2D eigenvalue weighted by atomic mass is 10.1. The van der Waals surface area contributed by atoms with Gasteiger partial charge in [0, 0.05) is 25.2 Å². The van der Waals surface area contributed by atoms with E-state index in [1.165, 1.54) is 18.2 Å². The molecule has 6 heteroatoms. The predicted octanol–water partition coefficient (Wildman–Crippen LogP) is 1.76. The van der Waals surface area contributed by atoms with Crippen molar-refractivity contribution in [2.24, 2.45) is 0 Å². The van der Waals surface area contributed by atoms with Crippen LogP contribution in [0.4, 0.5) is 4.39 Å². The maximum Gasteiger partial charge on any atom is 0.289 e. The molecule has 116 valence electrons. The van der Waals surface area contributed by atoms with Gasteiger partial charge in [-0.3, -0.25) is 9.59 Å². The zero-order valence-electron chi connectivity index (χ0n) is 12.3. The van der Waals surface area contributed by atoms with Crippen LogP contribution in [0.3, 0.4) is 0 Å². The Morgan fingerprint density at radius 3 is 2.77 bits per heavy atom. The van der Waals surface area contributed by atoms with Gasteiger partial charge in [-0.05, 0) is 38.1 Å². The van der Waals surface area contributed by atoms with Crippen LogP contribution in [0.2, 0.25) is 0 Å². The fraction of sp³-hybridized carbons (Fsp3) is 0.375. The van der Waals surface area contributed by atoms with Gasteiger partial charge in [-0.15, -0.1) is 0 Å². The SMILES string of the molecule is CN(C(=O)c1cc(=O)c2ccc(F)cc2o1)C1CCNCC1. The Morgan fingerprint density at radius 1 is 1.32 bits per heavy atom. The molecule has 2 aromatic rings. The fourth-order valence-corrected chi connectivity index (χ4v) is 2.77. The third-order valence-electron chi connectivity index (χ3n) is 4.08. The molecule has 1 saturated heterocycles. The van der Waals surface area contributed by atoms with Crippen LogP contribution in [0.1, 0.15) is 23.4 Å². The minimum Gasteiger partial charge on any atom is -0.451 e. The first kappa shape index (κ1) is 14.7. The molecule has 1 aliphatic rings. The van der Waals surface area contributed by atoms with Crippen molar-refractivity contribution in [2.75, 3.05) is 20.1 Å². The van der Waals surface area contributed by atoms with Gasteiger partial charge in [0.1, 0.15) is 11.4 Å². The molecule has 1 aliphatic heterocycles. The lowest BCUT2D eigenvalue weighted by Crippen LogP contribution is -2.44. The Balaban J connectivity index is 1.95. The number of nitrogens with one attached hydrogen (secondary N) is 1. The molecule has 5 nitrogen and oxygen atoms in total. The highest BCUT2D eigenvalue weighted by Crippen LogP contribution is 2.17. The number of hydrogen-bond donors (Lipinski definition) is 1. The minimum absolute atomic E-state index is 0.0517. The van der Waals surface area contributed by atoms with Crippen LogP contribution >= 0.6 is 0 Å². The number of benzene rings is 1.